The van der Waals surface area contributed by atoms with Crippen LogP contribution in [0.15, 0.2) is 46.1 Å². The number of aliphatic hydroxyl groups excluding tert-OH is 4. The minimum absolute atomic E-state index is 0.133. The van der Waals surface area contributed by atoms with Crippen LogP contribution in [0.4, 0.5) is 0 Å². The number of hydrogen-bond acceptors (Lipinski definition) is 9. The maximum absolute atomic E-state index is 11.4. The Balaban J connectivity index is 1.95. The van der Waals surface area contributed by atoms with E-state index in [2.05, 4.69) is 6.58 Å². The van der Waals surface area contributed by atoms with Gasteiger partial charge in [-0.25, -0.2) is 4.79 Å². The summed E-state index contributed by atoms with van der Waals surface area (Å²) in [5, 5.41) is 39.7. The van der Waals surface area contributed by atoms with Crippen LogP contribution in [0.3, 0.4) is 0 Å². The Hall–Kier alpha value is -2.43. The Bertz CT molecular complexity index is 860. The molecule has 2 aromatic rings. The van der Waals surface area contributed by atoms with Crippen LogP contribution in [0.5, 0.6) is 11.5 Å². The van der Waals surface area contributed by atoms with Crippen molar-refractivity contribution >= 4 is 11.0 Å². The van der Waals surface area contributed by atoms with Gasteiger partial charge in [0.25, 0.3) is 0 Å². The van der Waals surface area contributed by atoms with Gasteiger partial charge in [0.1, 0.15) is 36.6 Å². The third-order valence-electron chi connectivity index (χ3n) is 4.13. The first-order chi connectivity index (χ1) is 12.9. The molecule has 9 heteroatoms. The maximum Gasteiger partial charge on any atom is 0.336 e. The van der Waals surface area contributed by atoms with E-state index in [0.29, 0.717) is 5.39 Å². The Morgan fingerprint density at radius 1 is 1.11 bits per heavy atom. The van der Waals surface area contributed by atoms with E-state index in [9.17, 15) is 25.2 Å². The number of fused-ring (bicyclic) bond motifs is 1. The molecular formula is C18H20O9. The lowest BCUT2D eigenvalue weighted by Gasteiger charge is -2.39. The highest BCUT2D eigenvalue weighted by atomic mass is 16.7. The molecule has 146 valence electrons. The fraction of sp³-hybridized carbons (Fsp3) is 0.389. The largest absolute Gasteiger partial charge is 0.486 e. The summed E-state index contributed by atoms with van der Waals surface area (Å²) in [7, 11) is 0. The molecular weight excluding hydrogens is 360 g/mol. The highest BCUT2D eigenvalue weighted by molar-refractivity contribution is 5.80. The normalized spacial score (nSPS) is 28.1. The number of aliphatic hydroxyl groups is 4. The van der Waals surface area contributed by atoms with Gasteiger partial charge in [-0.15, -0.1) is 0 Å². The Labute approximate surface area is 153 Å². The summed E-state index contributed by atoms with van der Waals surface area (Å²) < 4.78 is 21.6. The second kappa shape index (κ2) is 8.07. The van der Waals surface area contributed by atoms with Crippen molar-refractivity contribution in [1.29, 1.82) is 0 Å². The number of ether oxygens (including phenoxy) is 3. The molecule has 0 amide bonds. The Morgan fingerprint density at radius 3 is 2.59 bits per heavy atom. The molecule has 2 heterocycles. The molecule has 1 aromatic carbocycles. The average Bonchev–Trinajstić information content (AvgIpc) is 2.66. The van der Waals surface area contributed by atoms with E-state index < -0.39 is 42.9 Å². The van der Waals surface area contributed by atoms with Gasteiger partial charge in [0.2, 0.25) is 6.29 Å². The molecule has 5 atom stereocenters. The van der Waals surface area contributed by atoms with Gasteiger partial charge in [0.05, 0.1) is 6.61 Å². The number of benzene rings is 1. The number of hydrogen-bond donors (Lipinski definition) is 4. The molecule has 0 spiro atoms. The highest BCUT2D eigenvalue weighted by Crippen LogP contribution is 2.35. The van der Waals surface area contributed by atoms with Gasteiger partial charge in [-0.3, -0.25) is 0 Å². The van der Waals surface area contributed by atoms with Crippen LogP contribution in [0.2, 0.25) is 0 Å². The molecule has 0 aliphatic carbocycles. The fourth-order valence-corrected chi connectivity index (χ4v) is 2.72. The first-order valence-corrected chi connectivity index (χ1v) is 8.23. The van der Waals surface area contributed by atoms with Crippen LogP contribution in [0.1, 0.15) is 0 Å². The lowest BCUT2D eigenvalue weighted by Crippen LogP contribution is -2.60. The molecule has 1 aliphatic heterocycles. The summed E-state index contributed by atoms with van der Waals surface area (Å²) >= 11 is 0. The summed E-state index contributed by atoms with van der Waals surface area (Å²) in [5.74, 6) is 0.330. The van der Waals surface area contributed by atoms with Gasteiger partial charge >= 0.3 is 5.63 Å². The van der Waals surface area contributed by atoms with Crippen LogP contribution in [0, 0.1) is 0 Å². The van der Waals surface area contributed by atoms with Gasteiger partial charge in [-0.05, 0) is 12.1 Å². The lowest BCUT2D eigenvalue weighted by molar-refractivity contribution is -0.277. The zero-order chi connectivity index (χ0) is 19.6. The molecule has 1 saturated heterocycles. The molecule has 0 bridgehead atoms. The van der Waals surface area contributed by atoms with Crippen molar-refractivity contribution < 1.29 is 39.1 Å². The van der Waals surface area contributed by atoms with E-state index in [-0.39, 0.29) is 23.7 Å². The number of rotatable bonds is 6. The maximum atomic E-state index is 11.4. The molecule has 1 aliphatic rings. The van der Waals surface area contributed by atoms with Crippen molar-refractivity contribution in [3.63, 3.8) is 0 Å². The van der Waals surface area contributed by atoms with Crippen LogP contribution < -0.4 is 15.1 Å². The summed E-state index contributed by atoms with van der Waals surface area (Å²) in [6.07, 6.45) is -5.61. The van der Waals surface area contributed by atoms with E-state index >= 15 is 0 Å². The quantitative estimate of drug-likeness (QED) is 0.387. The SMILES string of the molecule is C=CCOc1cc2oc(=O)ccc2cc1O[C@@H]1O[C@H](CO)[C@@H](O)[C@H](O)[C@H]1O. The standard InChI is InChI=1S/C18H20O9/c1-2-5-24-11-7-10-9(3-4-14(20)25-10)6-12(11)26-18-17(23)16(22)15(21)13(8-19)27-18/h2-4,6-7,13,15-19,21-23H,1,5,8H2/t13-,15-,16+,17-,18-/m1/s1. The van der Waals surface area contributed by atoms with E-state index in [1.165, 1.54) is 30.3 Å². The van der Waals surface area contributed by atoms with Crippen molar-refractivity contribution in [2.75, 3.05) is 13.2 Å². The van der Waals surface area contributed by atoms with Crippen molar-refractivity contribution in [3.05, 3.63) is 47.3 Å². The second-order valence-electron chi connectivity index (χ2n) is 6.01. The van der Waals surface area contributed by atoms with E-state index in [1.54, 1.807) is 0 Å². The monoisotopic (exact) mass is 380 g/mol. The highest BCUT2D eigenvalue weighted by Gasteiger charge is 2.45. The summed E-state index contributed by atoms with van der Waals surface area (Å²) in [6, 6.07) is 5.72. The topological polar surface area (TPSA) is 139 Å². The molecule has 9 nitrogen and oxygen atoms in total. The van der Waals surface area contributed by atoms with Crippen LogP contribution in [-0.4, -0.2) is 64.3 Å². The predicted octanol–water partition coefficient (Wildman–Crippen LogP) is -0.464. The summed E-state index contributed by atoms with van der Waals surface area (Å²) in [5.41, 5.74) is -0.262. The van der Waals surface area contributed by atoms with Gasteiger partial charge in [0.15, 0.2) is 11.5 Å². The van der Waals surface area contributed by atoms with Gasteiger partial charge in [-0.2, -0.15) is 0 Å². The fourth-order valence-electron chi connectivity index (χ4n) is 2.72. The Morgan fingerprint density at radius 2 is 1.89 bits per heavy atom. The lowest BCUT2D eigenvalue weighted by atomic mass is 9.99. The van der Waals surface area contributed by atoms with Crippen molar-refractivity contribution in [3.8, 4) is 11.5 Å². The van der Waals surface area contributed by atoms with Crippen molar-refractivity contribution in [1.82, 2.24) is 0 Å². The van der Waals surface area contributed by atoms with Crippen LogP contribution >= 0.6 is 0 Å². The van der Waals surface area contributed by atoms with Crippen molar-refractivity contribution in [2.24, 2.45) is 0 Å². The summed E-state index contributed by atoms with van der Waals surface area (Å²) in [4.78, 5) is 11.4. The third kappa shape index (κ3) is 3.97. The van der Waals surface area contributed by atoms with Gasteiger partial charge in [-0.1, -0.05) is 12.7 Å². The van der Waals surface area contributed by atoms with E-state index in [4.69, 9.17) is 18.6 Å². The first-order valence-electron chi connectivity index (χ1n) is 8.23. The summed E-state index contributed by atoms with van der Waals surface area (Å²) in [6.45, 7) is 3.11. The van der Waals surface area contributed by atoms with Crippen LogP contribution in [0.25, 0.3) is 11.0 Å². The molecule has 27 heavy (non-hydrogen) atoms. The average molecular weight is 380 g/mol. The zero-order valence-corrected chi connectivity index (χ0v) is 14.2. The molecule has 0 radical (unpaired) electrons. The Kier molecular flexibility index (Phi) is 5.78. The van der Waals surface area contributed by atoms with Crippen LogP contribution in [-0.2, 0) is 4.74 Å². The zero-order valence-electron chi connectivity index (χ0n) is 14.2. The third-order valence-corrected chi connectivity index (χ3v) is 4.13. The molecule has 1 fully saturated rings. The predicted molar refractivity (Wildman–Crippen MR) is 92.6 cm³/mol. The molecule has 1 aromatic heterocycles. The van der Waals surface area contributed by atoms with E-state index in [1.807, 2.05) is 0 Å². The minimum Gasteiger partial charge on any atom is -0.486 e. The molecule has 0 saturated carbocycles. The van der Waals surface area contributed by atoms with E-state index in [0.717, 1.165) is 0 Å². The second-order valence-corrected chi connectivity index (χ2v) is 6.01. The molecule has 4 N–H and O–H groups in total. The van der Waals surface area contributed by atoms with Crippen molar-refractivity contribution in [2.45, 2.75) is 30.7 Å². The first kappa shape index (κ1) is 19.3. The van der Waals surface area contributed by atoms with Gasteiger partial charge in [0, 0.05) is 17.5 Å². The smallest absolute Gasteiger partial charge is 0.336 e. The molecule has 3 rings (SSSR count). The minimum atomic E-state index is -1.57. The van der Waals surface area contributed by atoms with Gasteiger partial charge < -0.3 is 39.1 Å². The molecule has 0 unspecified atom stereocenters.